The summed E-state index contributed by atoms with van der Waals surface area (Å²) in [5.41, 5.74) is 6.59. The molecular formula is C16H18N4O3S. The van der Waals surface area contributed by atoms with Crippen molar-refractivity contribution in [2.75, 3.05) is 17.7 Å². The van der Waals surface area contributed by atoms with Crippen molar-refractivity contribution in [2.24, 2.45) is 0 Å². The topological polar surface area (TPSA) is 107 Å². The molecule has 1 heterocycles. The molecule has 0 aliphatic heterocycles. The number of nitrogens with zero attached hydrogens (tertiary/aromatic N) is 2. The molecule has 2 rings (SSSR count). The Balaban J connectivity index is 2.01. The molecule has 0 bridgehead atoms. The Morgan fingerprint density at radius 3 is 2.67 bits per heavy atom. The SMILES string of the molecule is CCOC(=O)c1cnc(S[C@H](C)C(=O)Nc2ccccc2)nc1N. The molecule has 0 aliphatic carbocycles. The van der Waals surface area contributed by atoms with Crippen LogP contribution in [-0.2, 0) is 9.53 Å². The molecule has 0 saturated heterocycles. The fourth-order valence-electron chi connectivity index (χ4n) is 1.78. The fraction of sp³-hybridized carbons (Fsp3) is 0.250. The summed E-state index contributed by atoms with van der Waals surface area (Å²) in [5, 5.41) is 2.69. The minimum absolute atomic E-state index is 0.0293. The van der Waals surface area contributed by atoms with Gasteiger partial charge in [-0.1, -0.05) is 30.0 Å². The van der Waals surface area contributed by atoms with Crippen LogP contribution in [0.15, 0.2) is 41.7 Å². The summed E-state index contributed by atoms with van der Waals surface area (Å²) in [7, 11) is 0. The van der Waals surface area contributed by atoms with E-state index in [1.807, 2.05) is 18.2 Å². The van der Waals surface area contributed by atoms with Crippen molar-refractivity contribution in [1.82, 2.24) is 9.97 Å². The Bertz CT molecular complexity index is 725. The van der Waals surface area contributed by atoms with E-state index in [2.05, 4.69) is 15.3 Å². The highest BCUT2D eigenvalue weighted by atomic mass is 32.2. The molecule has 7 nitrogen and oxygen atoms in total. The summed E-state index contributed by atoms with van der Waals surface area (Å²) >= 11 is 1.15. The lowest BCUT2D eigenvalue weighted by Gasteiger charge is -2.11. The second-order valence-electron chi connectivity index (χ2n) is 4.79. The molecule has 0 saturated carbocycles. The highest BCUT2D eigenvalue weighted by Gasteiger charge is 2.18. The zero-order chi connectivity index (χ0) is 17.5. The number of esters is 1. The van der Waals surface area contributed by atoms with Crippen LogP contribution in [0.1, 0.15) is 24.2 Å². The Morgan fingerprint density at radius 1 is 1.33 bits per heavy atom. The number of anilines is 2. The number of nitrogens with two attached hydrogens (primary N) is 1. The van der Waals surface area contributed by atoms with Gasteiger partial charge in [0.2, 0.25) is 5.91 Å². The normalized spacial score (nSPS) is 11.6. The molecule has 0 spiro atoms. The Labute approximate surface area is 144 Å². The van der Waals surface area contributed by atoms with Gasteiger partial charge in [-0.25, -0.2) is 14.8 Å². The maximum Gasteiger partial charge on any atom is 0.343 e. The number of benzene rings is 1. The summed E-state index contributed by atoms with van der Waals surface area (Å²) in [6, 6.07) is 9.15. The zero-order valence-corrected chi connectivity index (χ0v) is 14.2. The minimum atomic E-state index is -0.568. The van der Waals surface area contributed by atoms with E-state index in [4.69, 9.17) is 10.5 Å². The van der Waals surface area contributed by atoms with Crippen LogP contribution in [-0.4, -0.2) is 33.7 Å². The number of para-hydroxylation sites is 1. The molecule has 1 aromatic carbocycles. The third-order valence-corrected chi connectivity index (χ3v) is 3.96. The Kier molecular flexibility index (Phi) is 6.14. The average Bonchev–Trinajstić information content (AvgIpc) is 2.56. The van der Waals surface area contributed by atoms with Crippen LogP contribution in [0.2, 0.25) is 0 Å². The van der Waals surface area contributed by atoms with Crippen molar-refractivity contribution < 1.29 is 14.3 Å². The van der Waals surface area contributed by atoms with Gasteiger partial charge < -0.3 is 15.8 Å². The van der Waals surface area contributed by atoms with Gasteiger partial charge in [0.15, 0.2) is 5.16 Å². The lowest BCUT2D eigenvalue weighted by atomic mass is 10.3. The molecule has 1 amide bonds. The smallest absolute Gasteiger partial charge is 0.343 e. The first-order valence-corrected chi connectivity index (χ1v) is 8.21. The van der Waals surface area contributed by atoms with E-state index in [0.717, 1.165) is 11.8 Å². The van der Waals surface area contributed by atoms with E-state index < -0.39 is 11.2 Å². The maximum atomic E-state index is 12.2. The van der Waals surface area contributed by atoms with Crippen molar-refractivity contribution in [3.8, 4) is 0 Å². The number of hydrogen-bond acceptors (Lipinski definition) is 7. The summed E-state index contributed by atoms with van der Waals surface area (Å²) in [6.07, 6.45) is 1.31. The predicted molar refractivity (Wildman–Crippen MR) is 92.8 cm³/mol. The molecule has 0 unspecified atom stereocenters. The number of nitrogens with one attached hydrogen (secondary N) is 1. The van der Waals surface area contributed by atoms with Gasteiger partial charge in [-0.2, -0.15) is 0 Å². The van der Waals surface area contributed by atoms with Gasteiger partial charge in [0.1, 0.15) is 11.4 Å². The van der Waals surface area contributed by atoms with Crippen molar-refractivity contribution >= 4 is 35.1 Å². The number of aromatic nitrogens is 2. The highest BCUT2D eigenvalue weighted by Crippen LogP contribution is 2.22. The molecule has 126 valence electrons. The van der Waals surface area contributed by atoms with Crippen LogP contribution in [0.3, 0.4) is 0 Å². The molecule has 1 aromatic heterocycles. The average molecular weight is 346 g/mol. The number of rotatable bonds is 6. The first kappa shape index (κ1) is 17.7. The monoisotopic (exact) mass is 346 g/mol. The molecule has 0 radical (unpaired) electrons. The van der Waals surface area contributed by atoms with E-state index in [-0.39, 0.29) is 23.9 Å². The molecular weight excluding hydrogens is 328 g/mol. The maximum absolute atomic E-state index is 12.2. The number of carbonyl (C=O) groups excluding carboxylic acids is 2. The zero-order valence-electron chi connectivity index (χ0n) is 13.4. The first-order valence-electron chi connectivity index (χ1n) is 7.33. The molecule has 3 N–H and O–H groups in total. The van der Waals surface area contributed by atoms with Crippen LogP contribution < -0.4 is 11.1 Å². The summed E-state index contributed by atoms with van der Waals surface area (Å²) in [4.78, 5) is 31.9. The second kappa shape index (κ2) is 8.30. The third kappa shape index (κ3) is 4.69. The van der Waals surface area contributed by atoms with E-state index in [1.165, 1.54) is 6.20 Å². The molecule has 2 aromatic rings. The minimum Gasteiger partial charge on any atom is -0.462 e. The van der Waals surface area contributed by atoms with E-state index in [1.54, 1.807) is 26.0 Å². The number of ether oxygens (including phenoxy) is 1. The van der Waals surface area contributed by atoms with Gasteiger partial charge in [-0.3, -0.25) is 4.79 Å². The van der Waals surface area contributed by atoms with Crippen LogP contribution in [0, 0.1) is 0 Å². The van der Waals surface area contributed by atoms with Gasteiger partial charge in [-0.05, 0) is 26.0 Å². The van der Waals surface area contributed by atoms with Crippen LogP contribution in [0.5, 0.6) is 0 Å². The van der Waals surface area contributed by atoms with Crippen LogP contribution >= 0.6 is 11.8 Å². The molecule has 0 fully saturated rings. The van der Waals surface area contributed by atoms with Crippen molar-refractivity contribution in [2.45, 2.75) is 24.3 Å². The van der Waals surface area contributed by atoms with Crippen molar-refractivity contribution in [1.29, 1.82) is 0 Å². The quantitative estimate of drug-likeness (QED) is 0.469. The summed E-state index contributed by atoms with van der Waals surface area (Å²) < 4.78 is 4.86. The van der Waals surface area contributed by atoms with Crippen LogP contribution in [0.25, 0.3) is 0 Å². The van der Waals surface area contributed by atoms with Crippen molar-refractivity contribution in [3.05, 3.63) is 42.1 Å². The van der Waals surface area contributed by atoms with Gasteiger partial charge in [0, 0.05) is 11.9 Å². The highest BCUT2D eigenvalue weighted by molar-refractivity contribution is 8.00. The van der Waals surface area contributed by atoms with Crippen LogP contribution in [0.4, 0.5) is 11.5 Å². The Hall–Kier alpha value is -2.61. The van der Waals surface area contributed by atoms with E-state index >= 15 is 0 Å². The van der Waals surface area contributed by atoms with Gasteiger partial charge >= 0.3 is 5.97 Å². The molecule has 0 aliphatic rings. The molecule has 8 heteroatoms. The number of amides is 1. The Morgan fingerprint density at radius 2 is 2.04 bits per heavy atom. The summed E-state index contributed by atoms with van der Waals surface area (Å²) in [5.74, 6) is -0.717. The molecule has 24 heavy (non-hydrogen) atoms. The third-order valence-electron chi connectivity index (χ3n) is 2.98. The second-order valence-corrected chi connectivity index (χ2v) is 6.10. The first-order chi connectivity index (χ1) is 11.5. The van der Waals surface area contributed by atoms with Crippen molar-refractivity contribution in [3.63, 3.8) is 0 Å². The largest absolute Gasteiger partial charge is 0.462 e. The van der Waals surface area contributed by atoms with Gasteiger partial charge in [0.25, 0.3) is 0 Å². The molecule has 1 atom stereocenters. The lowest BCUT2D eigenvalue weighted by Crippen LogP contribution is -2.22. The van der Waals surface area contributed by atoms with E-state index in [0.29, 0.717) is 10.8 Å². The lowest BCUT2D eigenvalue weighted by molar-refractivity contribution is -0.115. The predicted octanol–water partition coefficient (Wildman–Crippen LogP) is 2.35. The fourth-order valence-corrected chi connectivity index (χ4v) is 2.52. The number of carbonyl (C=O) groups is 2. The van der Waals surface area contributed by atoms with Gasteiger partial charge in [-0.15, -0.1) is 0 Å². The summed E-state index contributed by atoms with van der Waals surface area (Å²) in [6.45, 7) is 3.68. The van der Waals surface area contributed by atoms with E-state index in [9.17, 15) is 9.59 Å². The standard InChI is InChI=1S/C16H18N4O3S/c1-3-23-15(22)12-9-18-16(20-13(12)17)24-10(2)14(21)19-11-7-5-4-6-8-11/h4-10H,3H2,1-2H3,(H,19,21)(H2,17,18,20)/t10-/m1/s1. The number of thioether (sulfide) groups is 1. The number of nitrogen functional groups attached to an aromatic ring is 1. The van der Waals surface area contributed by atoms with Gasteiger partial charge in [0.05, 0.1) is 11.9 Å². The number of hydrogen-bond donors (Lipinski definition) is 2.